The molecule has 0 saturated carbocycles. The molecule has 0 radical (unpaired) electrons. The lowest BCUT2D eigenvalue weighted by Gasteiger charge is -2.26. The maximum Gasteiger partial charge on any atom is 0.348 e. The predicted octanol–water partition coefficient (Wildman–Crippen LogP) is 1.87. The fourth-order valence-corrected chi connectivity index (χ4v) is 4.63. The summed E-state index contributed by atoms with van der Waals surface area (Å²) in [4.78, 5) is 55.0. The van der Waals surface area contributed by atoms with Gasteiger partial charge in [0.1, 0.15) is 12.4 Å². The minimum Gasteiger partial charge on any atom is -0.331 e. The Morgan fingerprint density at radius 1 is 1.16 bits per heavy atom. The van der Waals surface area contributed by atoms with E-state index in [-0.39, 0.29) is 24.4 Å². The van der Waals surface area contributed by atoms with Crippen LogP contribution < -0.4 is 10.6 Å². The highest BCUT2D eigenvalue weighted by molar-refractivity contribution is 6.00. The summed E-state index contributed by atoms with van der Waals surface area (Å²) in [6, 6.07) is 1.53. The average Bonchev–Trinajstić information content (AvgIpc) is 3.30. The fourth-order valence-electron chi connectivity index (χ4n) is 4.63. The highest BCUT2D eigenvalue weighted by Crippen LogP contribution is 2.35. The number of amides is 2. The topological polar surface area (TPSA) is 101 Å². The lowest BCUT2D eigenvalue weighted by molar-refractivity contribution is -0.133. The van der Waals surface area contributed by atoms with Crippen LogP contribution in [0.1, 0.15) is 61.2 Å². The van der Waals surface area contributed by atoms with E-state index in [4.69, 9.17) is 9.97 Å². The van der Waals surface area contributed by atoms with Gasteiger partial charge in [-0.3, -0.25) is 19.1 Å². The van der Waals surface area contributed by atoms with E-state index in [9.17, 15) is 14.4 Å². The average molecular weight is 439 g/mol. The maximum absolute atomic E-state index is 13.2. The Morgan fingerprint density at radius 3 is 2.59 bits per heavy atom. The van der Waals surface area contributed by atoms with Gasteiger partial charge in [-0.1, -0.05) is 13.8 Å². The zero-order valence-electron chi connectivity index (χ0n) is 19.4. The first-order valence-electron chi connectivity index (χ1n) is 11.2. The normalized spacial score (nSPS) is 18.1. The van der Waals surface area contributed by atoms with E-state index in [0.717, 1.165) is 24.1 Å². The van der Waals surface area contributed by atoms with Crippen molar-refractivity contribution in [2.45, 2.75) is 66.5 Å². The van der Waals surface area contributed by atoms with Crippen LogP contribution in [-0.4, -0.2) is 49.3 Å². The van der Waals surface area contributed by atoms with Crippen LogP contribution in [0.3, 0.4) is 0 Å². The van der Waals surface area contributed by atoms with Crippen LogP contribution >= 0.6 is 0 Å². The zero-order valence-corrected chi connectivity index (χ0v) is 19.4. The summed E-state index contributed by atoms with van der Waals surface area (Å²) in [5.74, 6) is 1.46. The molecule has 0 unspecified atom stereocenters. The first-order chi connectivity index (χ1) is 15.2. The molecule has 2 aliphatic heterocycles. The van der Waals surface area contributed by atoms with Gasteiger partial charge in [0.2, 0.25) is 11.8 Å². The lowest BCUT2D eigenvalue weighted by Crippen LogP contribution is -2.38. The molecule has 32 heavy (non-hydrogen) atoms. The molecule has 0 spiro atoms. The van der Waals surface area contributed by atoms with Crippen molar-refractivity contribution in [1.29, 1.82) is 0 Å². The number of fused-ring (bicyclic) bond motifs is 1. The van der Waals surface area contributed by atoms with Gasteiger partial charge in [0, 0.05) is 35.7 Å². The Balaban J connectivity index is 1.62. The number of carbonyl (C=O) groups excluding carboxylic acids is 2. The van der Waals surface area contributed by atoms with Gasteiger partial charge < -0.3 is 4.90 Å². The van der Waals surface area contributed by atoms with E-state index >= 15 is 0 Å². The van der Waals surface area contributed by atoms with Crippen molar-refractivity contribution in [3.63, 3.8) is 0 Å². The number of nitrogens with zero attached hydrogens (tertiary/aromatic N) is 6. The molecule has 1 saturated heterocycles. The first kappa shape index (κ1) is 22.1. The van der Waals surface area contributed by atoms with Crippen molar-refractivity contribution < 1.29 is 9.59 Å². The molecule has 9 nitrogen and oxygen atoms in total. The highest BCUT2D eigenvalue weighted by Gasteiger charge is 2.36. The summed E-state index contributed by atoms with van der Waals surface area (Å²) in [6.45, 7) is 10.7. The number of aryl methyl sites for hydroxylation is 3. The van der Waals surface area contributed by atoms with Gasteiger partial charge in [0.05, 0.1) is 12.5 Å². The summed E-state index contributed by atoms with van der Waals surface area (Å²) in [6.07, 6.45) is 1.91. The van der Waals surface area contributed by atoms with E-state index in [1.54, 1.807) is 29.7 Å². The molecule has 2 amide bonds. The van der Waals surface area contributed by atoms with E-state index in [2.05, 4.69) is 18.8 Å². The Labute approximate surface area is 187 Å². The molecule has 1 atom stereocenters. The number of anilines is 1. The van der Waals surface area contributed by atoms with Crippen molar-refractivity contribution in [3.8, 4) is 0 Å². The molecular weight excluding hydrogens is 408 g/mol. The van der Waals surface area contributed by atoms with Crippen LogP contribution in [-0.2, 0) is 22.6 Å². The summed E-state index contributed by atoms with van der Waals surface area (Å²) in [5, 5.41) is 0. The maximum atomic E-state index is 13.2. The standard InChI is InChI=1S/C23H30N6O3/c1-13(2)11-29-19(30)10-17-16(5)25-21(26-22(17)29)18-7-6-8-27(18)20(31)12-28-15(4)9-14(3)24-23(28)32/h9,13,18H,6-8,10-12H2,1-5H3/t18-/m1/s1. The second-order valence-corrected chi connectivity index (χ2v) is 9.20. The molecule has 1 fully saturated rings. The SMILES string of the molecule is Cc1cc(C)n(CC(=O)N2CCC[C@@H]2c2nc(C)c3c(n2)N(CC(C)C)C(=O)C3)c(=O)n1. The van der Waals surface area contributed by atoms with Gasteiger partial charge in [0.25, 0.3) is 0 Å². The van der Waals surface area contributed by atoms with E-state index < -0.39 is 5.69 Å². The number of aromatic nitrogens is 4. The Hall–Kier alpha value is -3.10. The van der Waals surface area contributed by atoms with Crippen LogP contribution in [0.2, 0.25) is 0 Å². The second-order valence-electron chi connectivity index (χ2n) is 9.20. The van der Waals surface area contributed by atoms with E-state index in [1.807, 2.05) is 6.92 Å². The molecule has 2 aliphatic rings. The fraction of sp³-hybridized carbons (Fsp3) is 0.565. The summed E-state index contributed by atoms with van der Waals surface area (Å²) >= 11 is 0. The van der Waals surface area contributed by atoms with Gasteiger partial charge in [-0.2, -0.15) is 4.98 Å². The molecule has 0 bridgehead atoms. The number of rotatable bonds is 5. The molecule has 2 aromatic heterocycles. The smallest absolute Gasteiger partial charge is 0.331 e. The minimum absolute atomic E-state index is 0.0457. The lowest BCUT2D eigenvalue weighted by atomic mass is 10.1. The van der Waals surface area contributed by atoms with Gasteiger partial charge in [-0.15, -0.1) is 0 Å². The summed E-state index contributed by atoms with van der Waals surface area (Å²) < 4.78 is 1.41. The predicted molar refractivity (Wildman–Crippen MR) is 119 cm³/mol. The molecule has 9 heteroatoms. The quantitative estimate of drug-likeness (QED) is 0.706. The second kappa shape index (κ2) is 8.44. The van der Waals surface area contributed by atoms with E-state index in [0.29, 0.717) is 48.5 Å². The third-order valence-corrected chi connectivity index (χ3v) is 6.15. The Morgan fingerprint density at radius 2 is 1.91 bits per heavy atom. The molecule has 4 heterocycles. The third kappa shape index (κ3) is 4.03. The molecule has 0 aromatic carbocycles. The van der Waals surface area contributed by atoms with Crippen LogP contribution in [0.5, 0.6) is 0 Å². The molecule has 170 valence electrons. The summed E-state index contributed by atoms with van der Waals surface area (Å²) in [5.41, 5.74) is 2.60. The molecule has 0 N–H and O–H groups in total. The number of hydrogen-bond donors (Lipinski definition) is 0. The van der Waals surface area contributed by atoms with Crippen molar-refractivity contribution in [2.75, 3.05) is 18.0 Å². The van der Waals surface area contributed by atoms with Crippen LogP contribution in [0.15, 0.2) is 10.9 Å². The number of carbonyl (C=O) groups is 2. The highest BCUT2D eigenvalue weighted by atomic mass is 16.2. The third-order valence-electron chi connectivity index (χ3n) is 6.15. The molecule has 4 rings (SSSR count). The van der Waals surface area contributed by atoms with Crippen LogP contribution in [0.25, 0.3) is 0 Å². The molecule has 2 aromatic rings. The van der Waals surface area contributed by atoms with Crippen molar-refractivity contribution in [1.82, 2.24) is 24.4 Å². The minimum atomic E-state index is -0.418. The summed E-state index contributed by atoms with van der Waals surface area (Å²) in [7, 11) is 0. The Kier molecular flexibility index (Phi) is 5.83. The number of likely N-dealkylation sites (tertiary alicyclic amines) is 1. The first-order valence-corrected chi connectivity index (χ1v) is 11.2. The number of hydrogen-bond acceptors (Lipinski definition) is 6. The van der Waals surface area contributed by atoms with Crippen molar-refractivity contribution in [2.24, 2.45) is 5.92 Å². The van der Waals surface area contributed by atoms with E-state index in [1.165, 1.54) is 4.57 Å². The van der Waals surface area contributed by atoms with Gasteiger partial charge in [-0.25, -0.2) is 14.8 Å². The van der Waals surface area contributed by atoms with Crippen LogP contribution in [0.4, 0.5) is 5.82 Å². The molecule has 0 aliphatic carbocycles. The largest absolute Gasteiger partial charge is 0.348 e. The van der Waals surface area contributed by atoms with Gasteiger partial charge in [0.15, 0.2) is 5.82 Å². The van der Waals surface area contributed by atoms with Crippen molar-refractivity contribution in [3.05, 3.63) is 45.0 Å². The van der Waals surface area contributed by atoms with Gasteiger partial charge in [-0.05, 0) is 45.6 Å². The van der Waals surface area contributed by atoms with Crippen molar-refractivity contribution >= 4 is 17.6 Å². The molecular formula is C23H30N6O3. The van der Waals surface area contributed by atoms with Gasteiger partial charge >= 0.3 is 5.69 Å². The monoisotopic (exact) mass is 438 g/mol. The Bertz CT molecular complexity index is 1140. The zero-order chi connectivity index (χ0) is 23.2. The van der Waals surface area contributed by atoms with Crippen LogP contribution in [0, 0.1) is 26.7 Å².